The van der Waals surface area contributed by atoms with Crippen molar-refractivity contribution in [1.82, 2.24) is 24.6 Å². The van der Waals surface area contributed by atoms with Crippen molar-refractivity contribution >= 4 is 40.5 Å². The number of nitrogens with one attached hydrogen (secondary N) is 3. The van der Waals surface area contributed by atoms with Crippen molar-refractivity contribution in [2.45, 2.75) is 95.3 Å². The van der Waals surface area contributed by atoms with Gasteiger partial charge in [-0.2, -0.15) is 9.97 Å². The molecule has 5 N–H and O–H groups in total. The Labute approximate surface area is 245 Å². The van der Waals surface area contributed by atoms with Gasteiger partial charge in [-0.25, -0.2) is 9.78 Å². The summed E-state index contributed by atoms with van der Waals surface area (Å²) in [6.07, 6.45) is 11.7. The molecule has 224 valence electrons. The van der Waals surface area contributed by atoms with Crippen molar-refractivity contribution in [1.29, 1.82) is 0 Å². The van der Waals surface area contributed by atoms with Crippen LogP contribution in [0.5, 0.6) is 0 Å². The number of Topliss-reactive ketones (excluding diaryl/α,β-unsaturated/α-hetero) is 1. The van der Waals surface area contributed by atoms with Crippen LogP contribution in [0.3, 0.4) is 0 Å². The van der Waals surface area contributed by atoms with E-state index in [1.165, 1.54) is 19.8 Å². The molecule has 0 unspecified atom stereocenters. The first-order chi connectivity index (χ1) is 20.4. The van der Waals surface area contributed by atoms with Crippen molar-refractivity contribution in [2.75, 3.05) is 29.0 Å². The lowest BCUT2D eigenvalue weighted by atomic mass is 9.92. The topological polar surface area (TPSA) is 152 Å². The predicted octanol–water partition coefficient (Wildman–Crippen LogP) is 4.87. The zero-order valence-corrected chi connectivity index (χ0v) is 24.2. The Morgan fingerprint density at radius 2 is 1.69 bits per heavy atom. The molecule has 1 aliphatic heterocycles. The van der Waals surface area contributed by atoms with Crippen molar-refractivity contribution in [3.05, 3.63) is 36.2 Å². The Hall–Kier alpha value is -3.77. The van der Waals surface area contributed by atoms with E-state index in [0.29, 0.717) is 42.4 Å². The SMILES string of the molecule is CC(=O)c1cccc(NC(=O)ON2CCC(Nc3nc(NC4CCC(N)CC4)nc4c3ncn4C3CCCC3)CC2)c1. The highest BCUT2D eigenvalue weighted by Gasteiger charge is 2.27. The van der Waals surface area contributed by atoms with E-state index in [1.54, 1.807) is 29.3 Å². The van der Waals surface area contributed by atoms with Gasteiger partial charge in [-0.05, 0) is 70.4 Å². The molecule has 2 saturated carbocycles. The number of fused-ring (bicyclic) bond motifs is 1. The lowest BCUT2D eigenvalue weighted by molar-refractivity contribution is -0.106. The Morgan fingerprint density at radius 1 is 0.952 bits per heavy atom. The number of piperidine rings is 1. The first kappa shape index (κ1) is 28.4. The maximum atomic E-state index is 12.5. The maximum absolute atomic E-state index is 12.5. The van der Waals surface area contributed by atoms with Gasteiger partial charge < -0.3 is 25.8 Å². The van der Waals surface area contributed by atoms with Crippen LogP contribution >= 0.6 is 0 Å². The van der Waals surface area contributed by atoms with E-state index in [9.17, 15) is 9.59 Å². The zero-order chi connectivity index (χ0) is 29.1. The van der Waals surface area contributed by atoms with Gasteiger partial charge in [0.25, 0.3) is 0 Å². The lowest BCUT2D eigenvalue weighted by Crippen LogP contribution is -2.41. The Balaban J connectivity index is 1.10. The highest BCUT2D eigenvalue weighted by Crippen LogP contribution is 2.34. The minimum atomic E-state index is -0.573. The van der Waals surface area contributed by atoms with Gasteiger partial charge in [-0.3, -0.25) is 10.1 Å². The summed E-state index contributed by atoms with van der Waals surface area (Å²) in [6, 6.07) is 7.99. The molecule has 0 bridgehead atoms. The first-order valence-corrected chi connectivity index (χ1v) is 15.3. The summed E-state index contributed by atoms with van der Waals surface area (Å²) in [4.78, 5) is 44.3. The summed E-state index contributed by atoms with van der Waals surface area (Å²) in [6.45, 7) is 2.65. The number of imidazole rings is 1. The summed E-state index contributed by atoms with van der Waals surface area (Å²) >= 11 is 0. The summed E-state index contributed by atoms with van der Waals surface area (Å²) in [5, 5.41) is 11.6. The van der Waals surface area contributed by atoms with Crippen LogP contribution in [0.1, 0.15) is 87.5 Å². The summed E-state index contributed by atoms with van der Waals surface area (Å²) in [5.41, 5.74) is 8.86. The number of carbonyl (C=O) groups is 2. The molecule has 0 radical (unpaired) electrons. The second-order valence-electron chi connectivity index (χ2n) is 11.9. The van der Waals surface area contributed by atoms with Crippen LogP contribution in [0.25, 0.3) is 11.2 Å². The first-order valence-electron chi connectivity index (χ1n) is 15.3. The third kappa shape index (κ3) is 6.65. The number of nitrogens with zero attached hydrogens (tertiary/aromatic N) is 5. The molecule has 1 aromatic carbocycles. The molecule has 1 amide bonds. The van der Waals surface area contributed by atoms with E-state index < -0.39 is 6.09 Å². The van der Waals surface area contributed by atoms with Gasteiger partial charge in [0.05, 0.1) is 6.33 Å². The summed E-state index contributed by atoms with van der Waals surface area (Å²) in [7, 11) is 0. The molecule has 2 aromatic heterocycles. The maximum Gasteiger partial charge on any atom is 0.430 e. The summed E-state index contributed by atoms with van der Waals surface area (Å²) in [5.74, 6) is 1.32. The van der Waals surface area contributed by atoms with Crippen molar-refractivity contribution in [2.24, 2.45) is 5.73 Å². The molecule has 3 fully saturated rings. The Bertz CT molecular complexity index is 1400. The van der Waals surface area contributed by atoms with E-state index in [1.807, 2.05) is 6.33 Å². The van der Waals surface area contributed by atoms with Crippen LogP contribution in [0, 0.1) is 0 Å². The number of hydroxylamine groups is 2. The third-order valence-electron chi connectivity index (χ3n) is 8.77. The standard InChI is InChI=1S/C30H41N9O3/c1-19(40)20-5-4-6-24(17-20)35-30(41)42-38-15-13-23(14-16-38)33-27-26-28(39(18-32-26)25-7-2-3-8-25)37-29(36-27)34-22-11-9-21(31)10-12-22/h4-6,17-18,21-23,25H,2-3,7-16,31H2,1H3,(H,35,41)(H2,33,34,36,37). The molecule has 3 heterocycles. The minimum Gasteiger partial charge on any atom is -0.365 e. The van der Waals surface area contributed by atoms with E-state index in [-0.39, 0.29) is 17.9 Å². The molecule has 3 aromatic rings. The largest absolute Gasteiger partial charge is 0.430 e. The van der Waals surface area contributed by atoms with Crippen molar-refractivity contribution < 1.29 is 14.4 Å². The monoisotopic (exact) mass is 575 g/mol. The molecule has 1 saturated heterocycles. The number of carbonyl (C=O) groups excluding carboxylic acids is 2. The smallest absolute Gasteiger partial charge is 0.365 e. The number of hydrogen-bond acceptors (Lipinski definition) is 10. The molecular weight excluding hydrogens is 534 g/mol. The second-order valence-corrected chi connectivity index (χ2v) is 11.9. The van der Waals surface area contributed by atoms with Gasteiger partial charge in [-0.15, -0.1) is 5.06 Å². The fourth-order valence-corrected chi connectivity index (χ4v) is 6.34. The molecule has 2 aliphatic carbocycles. The van der Waals surface area contributed by atoms with Crippen molar-refractivity contribution in [3.8, 4) is 0 Å². The Kier molecular flexibility index (Phi) is 8.52. The normalized spacial score (nSPS) is 22.2. The number of aromatic nitrogens is 4. The third-order valence-corrected chi connectivity index (χ3v) is 8.77. The quantitative estimate of drug-likeness (QED) is 0.274. The number of rotatable bonds is 8. The zero-order valence-electron chi connectivity index (χ0n) is 24.2. The average molecular weight is 576 g/mol. The highest BCUT2D eigenvalue weighted by molar-refractivity contribution is 5.96. The van der Waals surface area contributed by atoms with Gasteiger partial charge in [0, 0.05) is 48.5 Å². The fourth-order valence-electron chi connectivity index (χ4n) is 6.34. The van der Waals surface area contributed by atoms with Crippen LogP contribution in [0.2, 0.25) is 0 Å². The number of nitrogens with two attached hydrogens (primary N) is 1. The van der Waals surface area contributed by atoms with Crippen LogP contribution in [-0.2, 0) is 4.84 Å². The van der Waals surface area contributed by atoms with Gasteiger partial charge in [0.1, 0.15) is 0 Å². The van der Waals surface area contributed by atoms with Crippen LogP contribution in [-0.4, -0.2) is 67.7 Å². The fraction of sp³-hybridized carbons (Fsp3) is 0.567. The summed E-state index contributed by atoms with van der Waals surface area (Å²) < 4.78 is 2.23. The molecule has 0 atom stereocenters. The molecule has 6 rings (SSSR count). The van der Waals surface area contributed by atoms with E-state index in [2.05, 4.69) is 20.5 Å². The molecule has 0 spiro atoms. The average Bonchev–Trinajstić information content (AvgIpc) is 3.66. The van der Waals surface area contributed by atoms with E-state index in [4.69, 9.17) is 25.5 Å². The number of ketones is 1. The highest BCUT2D eigenvalue weighted by atomic mass is 16.7. The van der Waals surface area contributed by atoms with E-state index in [0.717, 1.165) is 68.3 Å². The van der Waals surface area contributed by atoms with E-state index >= 15 is 0 Å². The van der Waals surface area contributed by atoms with Crippen LogP contribution in [0.15, 0.2) is 30.6 Å². The number of amides is 1. The van der Waals surface area contributed by atoms with Crippen molar-refractivity contribution in [3.63, 3.8) is 0 Å². The molecule has 3 aliphatic rings. The number of hydrogen-bond donors (Lipinski definition) is 4. The second kappa shape index (κ2) is 12.6. The lowest BCUT2D eigenvalue weighted by Gasteiger charge is -2.31. The molecular formula is C30H41N9O3. The van der Waals surface area contributed by atoms with Gasteiger partial charge in [-0.1, -0.05) is 25.0 Å². The van der Waals surface area contributed by atoms with Gasteiger partial charge >= 0.3 is 6.09 Å². The van der Waals surface area contributed by atoms with Gasteiger partial charge in [0.15, 0.2) is 22.8 Å². The number of anilines is 3. The number of benzene rings is 1. The van der Waals surface area contributed by atoms with Gasteiger partial charge in [0.2, 0.25) is 5.95 Å². The minimum absolute atomic E-state index is 0.0607. The van der Waals surface area contributed by atoms with Crippen LogP contribution < -0.4 is 21.7 Å². The molecule has 12 heteroatoms. The molecule has 42 heavy (non-hydrogen) atoms. The van der Waals surface area contributed by atoms with Crippen LogP contribution in [0.4, 0.5) is 22.2 Å². The molecule has 12 nitrogen and oxygen atoms in total. The predicted molar refractivity (Wildman–Crippen MR) is 161 cm³/mol. The Morgan fingerprint density at radius 3 is 2.43 bits per heavy atom.